The maximum Gasteiger partial charge on any atom is 0.330 e. The average Bonchev–Trinajstić information content (AvgIpc) is 2.94. The van der Waals surface area contributed by atoms with Crippen LogP contribution in [0, 0.1) is 5.92 Å². The minimum Gasteiger partial charge on any atom is -0.480 e. The van der Waals surface area contributed by atoms with Crippen LogP contribution in [0.3, 0.4) is 0 Å². The van der Waals surface area contributed by atoms with Crippen LogP contribution in [0.1, 0.15) is 43.5 Å². The first-order chi connectivity index (χ1) is 19.1. The van der Waals surface area contributed by atoms with Gasteiger partial charge in [-0.15, -0.1) is 0 Å². The molecule has 12 nitrogen and oxygen atoms in total. The normalized spacial score (nSPS) is 13.1. The van der Waals surface area contributed by atoms with Crippen LogP contribution < -0.4 is 21.5 Å². The van der Waals surface area contributed by atoms with E-state index in [1.165, 1.54) is 37.6 Å². The van der Waals surface area contributed by atoms with Gasteiger partial charge in [0, 0.05) is 17.8 Å². The number of aromatic nitrogens is 1. The zero-order valence-electron chi connectivity index (χ0n) is 22.6. The predicted octanol–water partition coefficient (Wildman–Crippen LogP) is 1.71. The number of benzene rings is 1. The van der Waals surface area contributed by atoms with Crippen molar-refractivity contribution in [2.75, 3.05) is 12.4 Å². The van der Waals surface area contributed by atoms with E-state index in [1.54, 1.807) is 44.2 Å². The standard InChI is InChI=1S/C28H34N4O8/c1-4-18(2)24(28(38)39)31-22(33)17-32-16-10-14-21(27(32)37)30-26(36)20(13-8-9-15-23(34)40-3)29-25(35)19-11-6-5-7-12-19/h5-7,9-12,14-16,18,20,24H,4,8,13,17H2,1-3H3,(H,29,35)(H,30,36)(H,31,33)(H,38,39)/t18-,20?,24+/m1/s1. The molecule has 1 heterocycles. The van der Waals surface area contributed by atoms with Gasteiger partial charge >= 0.3 is 11.9 Å². The van der Waals surface area contributed by atoms with Gasteiger partial charge in [0.15, 0.2) is 0 Å². The van der Waals surface area contributed by atoms with E-state index in [4.69, 9.17) is 0 Å². The largest absolute Gasteiger partial charge is 0.480 e. The van der Waals surface area contributed by atoms with Crippen molar-refractivity contribution >= 4 is 35.3 Å². The Morgan fingerprint density at radius 2 is 1.75 bits per heavy atom. The van der Waals surface area contributed by atoms with E-state index < -0.39 is 53.8 Å². The molecular formula is C28H34N4O8. The smallest absolute Gasteiger partial charge is 0.330 e. The van der Waals surface area contributed by atoms with Crippen LogP contribution in [0.15, 0.2) is 65.6 Å². The Hall–Kier alpha value is -4.74. The number of aliphatic carboxylic acids is 1. The van der Waals surface area contributed by atoms with Gasteiger partial charge in [-0.3, -0.25) is 19.2 Å². The zero-order valence-corrected chi connectivity index (χ0v) is 22.6. The van der Waals surface area contributed by atoms with Crippen LogP contribution in [0.25, 0.3) is 0 Å². The summed E-state index contributed by atoms with van der Waals surface area (Å²) < 4.78 is 5.58. The van der Waals surface area contributed by atoms with Crippen molar-refractivity contribution in [2.45, 2.75) is 51.7 Å². The number of allylic oxidation sites excluding steroid dienone is 1. The lowest BCUT2D eigenvalue weighted by Crippen LogP contribution is -2.47. The number of carboxylic acid groups (broad SMARTS) is 1. The molecule has 4 N–H and O–H groups in total. The second-order valence-corrected chi connectivity index (χ2v) is 9.01. The van der Waals surface area contributed by atoms with Crippen molar-refractivity contribution in [3.8, 4) is 0 Å². The van der Waals surface area contributed by atoms with E-state index in [9.17, 15) is 33.9 Å². The third kappa shape index (κ3) is 9.53. The molecule has 12 heteroatoms. The molecule has 0 radical (unpaired) electrons. The highest BCUT2D eigenvalue weighted by molar-refractivity contribution is 6.01. The van der Waals surface area contributed by atoms with E-state index in [-0.39, 0.29) is 24.4 Å². The topological polar surface area (TPSA) is 173 Å². The van der Waals surface area contributed by atoms with Gasteiger partial charge in [-0.05, 0) is 43.0 Å². The third-order valence-electron chi connectivity index (χ3n) is 6.12. The zero-order chi connectivity index (χ0) is 29.7. The van der Waals surface area contributed by atoms with Crippen LogP contribution in [-0.4, -0.2) is 58.5 Å². The van der Waals surface area contributed by atoms with Crippen LogP contribution in [0.4, 0.5) is 5.69 Å². The molecule has 2 aromatic rings. The Kier molecular flexibility index (Phi) is 12.3. The van der Waals surface area contributed by atoms with Crippen molar-refractivity contribution in [3.63, 3.8) is 0 Å². The summed E-state index contributed by atoms with van der Waals surface area (Å²) in [6.07, 6.45) is 4.90. The molecule has 0 aliphatic carbocycles. The summed E-state index contributed by atoms with van der Waals surface area (Å²) in [5.74, 6) is -3.94. The molecule has 0 saturated carbocycles. The van der Waals surface area contributed by atoms with E-state index >= 15 is 0 Å². The number of ether oxygens (including phenoxy) is 1. The van der Waals surface area contributed by atoms with E-state index in [0.29, 0.717) is 12.0 Å². The molecule has 214 valence electrons. The summed E-state index contributed by atoms with van der Waals surface area (Å²) in [6.45, 7) is 3.03. The number of carbonyl (C=O) groups is 5. The Bertz CT molecular complexity index is 1290. The van der Waals surface area contributed by atoms with Crippen molar-refractivity contribution < 1.29 is 33.8 Å². The van der Waals surface area contributed by atoms with Gasteiger partial charge in [0.1, 0.15) is 24.3 Å². The molecule has 0 bridgehead atoms. The fraction of sp³-hybridized carbons (Fsp3) is 0.357. The average molecular weight is 555 g/mol. The number of nitrogens with zero attached hydrogens (tertiary/aromatic N) is 1. The number of carboxylic acids is 1. The fourth-order valence-electron chi connectivity index (χ4n) is 3.64. The second kappa shape index (κ2) is 15.6. The quantitative estimate of drug-likeness (QED) is 0.202. The molecule has 3 atom stereocenters. The fourth-order valence-corrected chi connectivity index (χ4v) is 3.64. The molecule has 0 aliphatic heterocycles. The van der Waals surface area contributed by atoms with Crippen LogP contribution in [0.2, 0.25) is 0 Å². The SMILES string of the molecule is CC[C@@H](C)[C@H](NC(=O)Cn1cccc(NC(=O)C(CCC=CC(=O)OC)NC(=O)c2ccccc2)c1=O)C(=O)O. The van der Waals surface area contributed by atoms with E-state index in [2.05, 4.69) is 20.7 Å². The number of methoxy groups -OCH3 is 1. The molecule has 0 aliphatic rings. The second-order valence-electron chi connectivity index (χ2n) is 9.01. The third-order valence-corrected chi connectivity index (χ3v) is 6.12. The number of rotatable bonds is 14. The summed E-state index contributed by atoms with van der Waals surface area (Å²) >= 11 is 0. The molecule has 0 spiro atoms. The number of hydrogen-bond acceptors (Lipinski definition) is 7. The number of pyridine rings is 1. The van der Waals surface area contributed by atoms with Crippen LogP contribution in [-0.2, 0) is 30.5 Å². The highest BCUT2D eigenvalue weighted by Crippen LogP contribution is 2.09. The van der Waals surface area contributed by atoms with Crippen molar-refractivity contribution in [3.05, 3.63) is 76.7 Å². The first-order valence-electron chi connectivity index (χ1n) is 12.7. The molecule has 1 aromatic carbocycles. The molecule has 0 saturated heterocycles. The first-order valence-corrected chi connectivity index (χ1v) is 12.7. The number of carbonyl (C=O) groups excluding carboxylic acids is 4. The number of anilines is 1. The maximum atomic E-state index is 13.1. The minimum absolute atomic E-state index is 0.105. The maximum absolute atomic E-state index is 13.1. The molecule has 0 fully saturated rings. The minimum atomic E-state index is -1.18. The molecule has 40 heavy (non-hydrogen) atoms. The van der Waals surface area contributed by atoms with E-state index in [0.717, 1.165) is 4.57 Å². The lowest BCUT2D eigenvalue weighted by molar-refractivity contribution is -0.143. The van der Waals surface area contributed by atoms with Gasteiger partial charge in [-0.2, -0.15) is 0 Å². The van der Waals surface area contributed by atoms with Gasteiger partial charge in [0.05, 0.1) is 7.11 Å². The van der Waals surface area contributed by atoms with Crippen LogP contribution in [0.5, 0.6) is 0 Å². The van der Waals surface area contributed by atoms with Crippen LogP contribution >= 0.6 is 0 Å². The number of esters is 1. The number of amides is 3. The molecule has 3 amide bonds. The Balaban J connectivity index is 2.18. The van der Waals surface area contributed by atoms with Crippen molar-refractivity contribution in [1.29, 1.82) is 0 Å². The summed E-state index contributed by atoms with van der Waals surface area (Å²) in [6, 6.07) is 8.87. The molecular weight excluding hydrogens is 520 g/mol. The van der Waals surface area contributed by atoms with Gasteiger partial charge in [0.2, 0.25) is 11.8 Å². The lowest BCUT2D eigenvalue weighted by atomic mass is 9.99. The van der Waals surface area contributed by atoms with Crippen molar-refractivity contribution in [1.82, 2.24) is 15.2 Å². The Morgan fingerprint density at radius 1 is 1.05 bits per heavy atom. The van der Waals surface area contributed by atoms with Gasteiger partial charge < -0.3 is 30.4 Å². The summed E-state index contributed by atoms with van der Waals surface area (Å²) in [7, 11) is 1.23. The first kappa shape index (κ1) is 31.5. The summed E-state index contributed by atoms with van der Waals surface area (Å²) in [5, 5.41) is 17.0. The predicted molar refractivity (Wildman–Crippen MR) is 146 cm³/mol. The van der Waals surface area contributed by atoms with Crippen molar-refractivity contribution in [2.24, 2.45) is 5.92 Å². The monoisotopic (exact) mass is 554 g/mol. The van der Waals surface area contributed by atoms with Gasteiger partial charge in [0.25, 0.3) is 11.5 Å². The number of nitrogens with one attached hydrogen (secondary N) is 3. The van der Waals surface area contributed by atoms with Gasteiger partial charge in [-0.25, -0.2) is 9.59 Å². The molecule has 1 unspecified atom stereocenters. The molecule has 1 aromatic heterocycles. The highest BCUT2D eigenvalue weighted by Gasteiger charge is 2.26. The highest BCUT2D eigenvalue weighted by atomic mass is 16.5. The van der Waals surface area contributed by atoms with E-state index in [1.807, 2.05) is 0 Å². The molecule has 2 rings (SSSR count). The lowest BCUT2D eigenvalue weighted by Gasteiger charge is -2.20. The Morgan fingerprint density at radius 3 is 2.38 bits per heavy atom. The number of hydrogen-bond donors (Lipinski definition) is 4. The van der Waals surface area contributed by atoms with Gasteiger partial charge in [-0.1, -0.05) is 44.5 Å². The Labute approximate surface area is 231 Å². The summed E-state index contributed by atoms with van der Waals surface area (Å²) in [4.78, 5) is 74.2. The summed E-state index contributed by atoms with van der Waals surface area (Å²) in [5.41, 5.74) is -0.503.